The number of carbonyl (C=O) groups is 1. The minimum atomic E-state index is 0.0956. The number of hydrogen-bond donors (Lipinski definition) is 0. The number of benzene rings is 1. The van der Waals surface area contributed by atoms with Crippen molar-refractivity contribution in [3.63, 3.8) is 0 Å². The van der Waals surface area contributed by atoms with Crippen molar-refractivity contribution in [1.82, 2.24) is 0 Å². The lowest BCUT2D eigenvalue weighted by atomic mass is 10.1. The lowest BCUT2D eigenvalue weighted by Crippen LogP contribution is -1.89. The van der Waals surface area contributed by atoms with Crippen molar-refractivity contribution in [2.45, 2.75) is 33.1 Å². The number of aryl methyl sites for hydroxylation is 1. The largest absolute Gasteiger partial charge is 0.461 e. The molecule has 0 radical (unpaired) electrons. The molecule has 0 atom stereocenters. The van der Waals surface area contributed by atoms with Crippen LogP contribution in [0.25, 0.3) is 11.0 Å². The van der Waals surface area contributed by atoms with Crippen molar-refractivity contribution in [2.75, 3.05) is 0 Å². The van der Waals surface area contributed by atoms with E-state index >= 15 is 0 Å². The predicted octanol–water partition coefficient (Wildman–Crippen LogP) is 3.98. The molecule has 0 unspecified atom stereocenters. The van der Waals surface area contributed by atoms with Crippen LogP contribution in [0.4, 0.5) is 0 Å². The van der Waals surface area contributed by atoms with Crippen LogP contribution in [-0.4, -0.2) is 5.78 Å². The Hall–Kier alpha value is -1.57. The van der Waals surface area contributed by atoms with E-state index in [1.54, 1.807) is 6.92 Å². The number of rotatable bonds is 4. The molecule has 0 aliphatic carbocycles. The molecule has 1 aromatic heterocycles. The van der Waals surface area contributed by atoms with Crippen LogP contribution in [-0.2, 0) is 6.42 Å². The molecule has 0 bridgehead atoms. The van der Waals surface area contributed by atoms with Gasteiger partial charge < -0.3 is 4.42 Å². The maximum atomic E-state index is 11.2. The molecule has 0 saturated carbocycles. The highest BCUT2D eigenvalue weighted by Gasteiger charge is 2.06. The van der Waals surface area contributed by atoms with Gasteiger partial charge in [-0.15, -0.1) is 0 Å². The lowest BCUT2D eigenvalue weighted by molar-refractivity contribution is 0.101. The van der Waals surface area contributed by atoms with Crippen LogP contribution in [0.1, 0.15) is 42.8 Å². The Bertz CT molecular complexity index is 508. The Kier molecular flexibility index (Phi) is 3.09. The van der Waals surface area contributed by atoms with E-state index in [4.69, 9.17) is 4.42 Å². The Morgan fingerprint density at radius 3 is 2.81 bits per heavy atom. The second kappa shape index (κ2) is 4.52. The molecule has 1 aromatic carbocycles. The normalized spacial score (nSPS) is 10.9. The van der Waals surface area contributed by atoms with E-state index < -0.39 is 0 Å². The molecule has 0 amide bonds. The van der Waals surface area contributed by atoms with Crippen LogP contribution in [0.2, 0.25) is 0 Å². The van der Waals surface area contributed by atoms with Gasteiger partial charge in [0, 0.05) is 17.4 Å². The molecule has 0 aliphatic rings. The third-order valence-corrected chi connectivity index (χ3v) is 2.75. The summed E-state index contributed by atoms with van der Waals surface area (Å²) in [5, 5.41) is 1.03. The fourth-order valence-electron chi connectivity index (χ4n) is 1.79. The zero-order valence-electron chi connectivity index (χ0n) is 9.75. The topological polar surface area (TPSA) is 30.2 Å². The number of unbranched alkanes of at least 4 members (excludes halogenated alkanes) is 1. The molecule has 2 aromatic rings. The standard InChI is InChI=1S/C14H16O2/c1-3-4-5-13-9-12-8-11(10(2)15)6-7-14(12)16-13/h6-9H,3-5H2,1-2H3. The number of Topliss-reactive ketones (excluding diaryl/α,β-unsaturated/α-hetero) is 1. The zero-order chi connectivity index (χ0) is 11.5. The molecule has 2 rings (SSSR count). The van der Waals surface area contributed by atoms with Gasteiger partial charge in [-0.05, 0) is 37.6 Å². The summed E-state index contributed by atoms with van der Waals surface area (Å²) < 4.78 is 5.69. The molecule has 84 valence electrons. The van der Waals surface area contributed by atoms with Crippen molar-refractivity contribution < 1.29 is 9.21 Å². The molecule has 0 saturated heterocycles. The summed E-state index contributed by atoms with van der Waals surface area (Å²) in [4.78, 5) is 11.2. The number of hydrogen-bond acceptors (Lipinski definition) is 2. The predicted molar refractivity (Wildman–Crippen MR) is 64.8 cm³/mol. The first kappa shape index (κ1) is 10.9. The number of carbonyl (C=O) groups excluding carboxylic acids is 1. The second-order valence-corrected chi connectivity index (χ2v) is 4.13. The molecule has 1 heterocycles. The monoisotopic (exact) mass is 216 g/mol. The smallest absolute Gasteiger partial charge is 0.159 e. The van der Waals surface area contributed by atoms with Crippen LogP contribution >= 0.6 is 0 Å². The Balaban J connectivity index is 2.34. The number of ketones is 1. The number of furan rings is 1. The minimum Gasteiger partial charge on any atom is -0.461 e. The van der Waals surface area contributed by atoms with Crippen molar-refractivity contribution in [3.8, 4) is 0 Å². The first-order valence-corrected chi connectivity index (χ1v) is 5.74. The van der Waals surface area contributed by atoms with E-state index in [0.717, 1.165) is 41.6 Å². The summed E-state index contributed by atoms with van der Waals surface area (Å²) in [6.45, 7) is 3.75. The van der Waals surface area contributed by atoms with Crippen molar-refractivity contribution in [1.29, 1.82) is 0 Å². The van der Waals surface area contributed by atoms with Gasteiger partial charge in [0.25, 0.3) is 0 Å². The first-order chi connectivity index (χ1) is 7.70. The van der Waals surface area contributed by atoms with E-state index in [0.29, 0.717) is 0 Å². The molecule has 2 heteroatoms. The molecule has 0 fully saturated rings. The minimum absolute atomic E-state index is 0.0956. The zero-order valence-corrected chi connectivity index (χ0v) is 9.75. The third kappa shape index (κ3) is 2.16. The lowest BCUT2D eigenvalue weighted by Gasteiger charge is -1.93. The van der Waals surface area contributed by atoms with Gasteiger partial charge in [0.15, 0.2) is 5.78 Å². The van der Waals surface area contributed by atoms with Crippen LogP contribution in [0.5, 0.6) is 0 Å². The molecule has 0 N–H and O–H groups in total. The summed E-state index contributed by atoms with van der Waals surface area (Å²) in [5.41, 5.74) is 1.62. The van der Waals surface area contributed by atoms with Gasteiger partial charge in [0.2, 0.25) is 0 Å². The summed E-state index contributed by atoms with van der Waals surface area (Å²) in [5.74, 6) is 1.11. The fourth-order valence-corrected chi connectivity index (χ4v) is 1.79. The summed E-state index contributed by atoms with van der Waals surface area (Å²) in [6.07, 6.45) is 3.27. The number of fused-ring (bicyclic) bond motifs is 1. The van der Waals surface area contributed by atoms with E-state index in [1.807, 2.05) is 24.3 Å². The summed E-state index contributed by atoms with van der Waals surface area (Å²) in [7, 11) is 0. The fraction of sp³-hybridized carbons (Fsp3) is 0.357. The van der Waals surface area contributed by atoms with Gasteiger partial charge in [-0.1, -0.05) is 13.3 Å². The second-order valence-electron chi connectivity index (χ2n) is 4.13. The molecule has 0 aliphatic heterocycles. The molecule has 2 nitrogen and oxygen atoms in total. The Labute approximate surface area is 95.3 Å². The Morgan fingerprint density at radius 2 is 2.12 bits per heavy atom. The molecule has 0 spiro atoms. The molecular weight excluding hydrogens is 200 g/mol. The van der Waals surface area contributed by atoms with Gasteiger partial charge in [0.05, 0.1) is 0 Å². The van der Waals surface area contributed by atoms with Gasteiger partial charge >= 0.3 is 0 Å². The van der Waals surface area contributed by atoms with E-state index in [1.165, 1.54) is 0 Å². The quantitative estimate of drug-likeness (QED) is 0.723. The van der Waals surface area contributed by atoms with Crippen LogP contribution in [0.15, 0.2) is 28.7 Å². The highest BCUT2D eigenvalue weighted by Crippen LogP contribution is 2.22. The molecule has 16 heavy (non-hydrogen) atoms. The van der Waals surface area contributed by atoms with Crippen molar-refractivity contribution in [2.24, 2.45) is 0 Å². The maximum Gasteiger partial charge on any atom is 0.159 e. The third-order valence-electron chi connectivity index (χ3n) is 2.75. The molecular formula is C14H16O2. The van der Waals surface area contributed by atoms with E-state index in [-0.39, 0.29) is 5.78 Å². The van der Waals surface area contributed by atoms with Gasteiger partial charge in [-0.3, -0.25) is 4.79 Å². The Morgan fingerprint density at radius 1 is 1.31 bits per heavy atom. The van der Waals surface area contributed by atoms with Gasteiger partial charge in [-0.2, -0.15) is 0 Å². The summed E-state index contributed by atoms with van der Waals surface area (Å²) in [6, 6.07) is 7.63. The van der Waals surface area contributed by atoms with E-state index in [9.17, 15) is 4.79 Å². The average molecular weight is 216 g/mol. The first-order valence-electron chi connectivity index (χ1n) is 5.74. The van der Waals surface area contributed by atoms with E-state index in [2.05, 4.69) is 6.92 Å². The maximum absolute atomic E-state index is 11.2. The van der Waals surface area contributed by atoms with Crippen LogP contribution < -0.4 is 0 Å². The highest BCUT2D eigenvalue weighted by molar-refractivity contribution is 5.97. The van der Waals surface area contributed by atoms with Crippen molar-refractivity contribution in [3.05, 3.63) is 35.6 Å². The van der Waals surface area contributed by atoms with Gasteiger partial charge in [0.1, 0.15) is 11.3 Å². The highest BCUT2D eigenvalue weighted by atomic mass is 16.3. The van der Waals surface area contributed by atoms with Crippen LogP contribution in [0, 0.1) is 0 Å². The SMILES string of the molecule is CCCCc1cc2cc(C(C)=O)ccc2o1. The average Bonchev–Trinajstić information content (AvgIpc) is 2.67. The van der Waals surface area contributed by atoms with Crippen molar-refractivity contribution >= 4 is 16.8 Å². The van der Waals surface area contributed by atoms with Gasteiger partial charge in [-0.25, -0.2) is 0 Å². The summed E-state index contributed by atoms with van der Waals surface area (Å²) >= 11 is 0. The van der Waals surface area contributed by atoms with Crippen LogP contribution in [0.3, 0.4) is 0 Å².